The molecule has 1 aromatic carbocycles. The van der Waals surface area contributed by atoms with Crippen LogP contribution in [0.25, 0.3) is 0 Å². The number of carbonyl (C=O) groups is 2. The van der Waals surface area contributed by atoms with E-state index in [2.05, 4.69) is 0 Å². The average Bonchev–Trinajstić information content (AvgIpc) is 3.54. The Labute approximate surface area is 185 Å². The highest BCUT2D eigenvalue weighted by atomic mass is 19.4. The Morgan fingerprint density at radius 2 is 1.84 bits per heavy atom. The minimum absolute atomic E-state index is 0.00211. The quantitative estimate of drug-likeness (QED) is 0.713. The molecule has 2 aliphatic heterocycles. The van der Waals surface area contributed by atoms with Crippen LogP contribution in [0.5, 0.6) is 0 Å². The third kappa shape index (κ3) is 4.03. The SMILES string of the molecule is CN(C)C(=O)C1CN(C(=O)C2CC2)CC12CCN(c1ccc(C#N)c(C(F)(F)F)c1)CC2. The predicted molar refractivity (Wildman–Crippen MR) is 112 cm³/mol. The summed E-state index contributed by atoms with van der Waals surface area (Å²) < 4.78 is 40.1. The minimum atomic E-state index is -4.60. The lowest BCUT2D eigenvalue weighted by Crippen LogP contribution is -2.48. The highest BCUT2D eigenvalue weighted by Gasteiger charge is 2.54. The Kier molecular flexibility index (Phi) is 5.60. The maximum Gasteiger partial charge on any atom is 0.417 e. The molecule has 2 heterocycles. The van der Waals surface area contributed by atoms with Crippen molar-refractivity contribution < 1.29 is 22.8 Å². The van der Waals surface area contributed by atoms with Crippen LogP contribution in [-0.4, -0.2) is 61.9 Å². The number of carbonyl (C=O) groups excluding carboxylic acids is 2. The Morgan fingerprint density at radius 1 is 1.19 bits per heavy atom. The smallest absolute Gasteiger partial charge is 0.371 e. The van der Waals surface area contributed by atoms with Gasteiger partial charge in [0.25, 0.3) is 0 Å². The van der Waals surface area contributed by atoms with Crippen LogP contribution in [0, 0.1) is 28.6 Å². The van der Waals surface area contributed by atoms with Crippen molar-refractivity contribution in [1.29, 1.82) is 5.26 Å². The summed E-state index contributed by atoms with van der Waals surface area (Å²) in [6.07, 6.45) is -1.55. The zero-order valence-electron chi connectivity index (χ0n) is 18.3. The lowest BCUT2D eigenvalue weighted by molar-refractivity contribution is -0.138. The Balaban J connectivity index is 1.54. The largest absolute Gasteiger partial charge is 0.417 e. The molecule has 1 aliphatic carbocycles. The molecule has 6 nitrogen and oxygen atoms in total. The second kappa shape index (κ2) is 7.98. The summed E-state index contributed by atoms with van der Waals surface area (Å²) in [4.78, 5) is 31.0. The fourth-order valence-electron chi connectivity index (χ4n) is 5.15. The molecule has 0 N–H and O–H groups in total. The van der Waals surface area contributed by atoms with E-state index in [0.717, 1.165) is 18.9 Å². The molecule has 1 aromatic rings. The van der Waals surface area contributed by atoms with Crippen molar-refractivity contribution in [3.05, 3.63) is 29.3 Å². The third-order valence-corrected chi connectivity index (χ3v) is 7.18. The van der Waals surface area contributed by atoms with Crippen LogP contribution in [-0.2, 0) is 15.8 Å². The lowest BCUT2D eigenvalue weighted by Gasteiger charge is -2.43. The number of piperidine rings is 1. The van der Waals surface area contributed by atoms with Crippen molar-refractivity contribution in [2.45, 2.75) is 31.9 Å². The number of likely N-dealkylation sites (tertiary alicyclic amines) is 1. The molecule has 4 rings (SSSR count). The zero-order valence-corrected chi connectivity index (χ0v) is 18.3. The van der Waals surface area contributed by atoms with E-state index in [1.165, 1.54) is 6.07 Å². The molecule has 0 bridgehead atoms. The number of halogens is 3. The monoisotopic (exact) mass is 448 g/mol. The Bertz CT molecular complexity index is 957. The van der Waals surface area contributed by atoms with Crippen molar-refractivity contribution in [2.75, 3.05) is 45.2 Å². The topological polar surface area (TPSA) is 67.7 Å². The first kappa shape index (κ1) is 22.4. The molecule has 1 unspecified atom stereocenters. The van der Waals surface area contributed by atoms with Gasteiger partial charge in [0.05, 0.1) is 23.1 Å². The molecule has 172 valence electrons. The van der Waals surface area contributed by atoms with Crippen molar-refractivity contribution in [2.24, 2.45) is 17.3 Å². The van der Waals surface area contributed by atoms with Gasteiger partial charge < -0.3 is 14.7 Å². The van der Waals surface area contributed by atoms with Gasteiger partial charge in [-0.2, -0.15) is 18.4 Å². The van der Waals surface area contributed by atoms with Crippen LogP contribution in [0.1, 0.15) is 36.8 Å². The van der Waals surface area contributed by atoms with E-state index in [0.29, 0.717) is 44.7 Å². The summed E-state index contributed by atoms with van der Waals surface area (Å²) in [5.74, 6) is -0.0844. The second-order valence-electron chi connectivity index (χ2n) is 9.47. The number of rotatable bonds is 3. The van der Waals surface area contributed by atoms with Crippen LogP contribution in [0.2, 0.25) is 0 Å². The summed E-state index contributed by atoms with van der Waals surface area (Å²) in [5.41, 5.74) is -1.26. The first-order valence-corrected chi connectivity index (χ1v) is 10.9. The first-order chi connectivity index (χ1) is 15.1. The van der Waals surface area contributed by atoms with Gasteiger partial charge in [-0.3, -0.25) is 9.59 Å². The van der Waals surface area contributed by atoms with E-state index in [-0.39, 0.29) is 29.1 Å². The molecule has 3 aliphatic rings. The van der Waals surface area contributed by atoms with E-state index in [9.17, 15) is 22.8 Å². The molecule has 3 fully saturated rings. The van der Waals surface area contributed by atoms with Crippen molar-refractivity contribution in [1.82, 2.24) is 9.80 Å². The number of hydrogen-bond acceptors (Lipinski definition) is 4. The van der Waals surface area contributed by atoms with E-state index in [4.69, 9.17) is 5.26 Å². The van der Waals surface area contributed by atoms with Crippen molar-refractivity contribution in [3.63, 3.8) is 0 Å². The normalized spacial score (nSPS) is 22.7. The predicted octanol–water partition coefficient (Wildman–Crippen LogP) is 3.12. The average molecular weight is 448 g/mol. The Morgan fingerprint density at radius 3 is 2.38 bits per heavy atom. The van der Waals surface area contributed by atoms with Gasteiger partial charge in [0.15, 0.2) is 0 Å². The molecule has 0 aromatic heterocycles. The third-order valence-electron chi connectivity index (χ3n) is 7.18. The fraction of sp³-hybridized carbons (Fsp3) is 0.609. The molecule has 32 heavy (non-hydrogen) atoms. The van der Waals surface area contributed by atoms with Crippen LogP contribution < -0.4 is 4.90 Å². The molecule has 2 saturated heterocycles. The van der Waals surface area contributed by atoms with Crippen molar-refractivity contribution in [3.8, 4) is 6.07 Å². The highest BCUT2D eigenvalue weighted by Crippen LogP contribution is 2.47. The lowest BCUT2D eigenvalue weighted by atomic mass is 9.70. The Hall–Kier alpha value is -2.76. The second-order valence-corrected chi connectivity index (χ2v) is 9.47. The van der Waals surface area contributed by atoms with E-state index in [1.807, 2.05) is 9.80 Å². The van der Waals surface area contributed by atoms with Crippen LogP contribution >= 0.6 is 0 Å². The number of alkyl halides is 3. The van der Waals surface area contributed by atoms with Crippen LogP contribution in [0.15, 0.2) is 18.2 Å². The number of benzene rings is 1. The molecule has 2 amide bonds. The standard InChI is InChI=1S/C23H27F3N4O2/c1-28(2)21(32)19-13-30(20(31)15-3-4-15)14-22(19)7-9-29(10-8-22)17-6-5-16(12-27)18(11-17)23(24,25)26/h5-6,11,15,19H,3-4,7-10,13-14H2,1-2H3. The maximum atomic E-state index is 13.4. The number of nitrogens with zero attached hydrogens (tertiary/aromatic N) is 4. The zero-order chi connectivity index (χ0) is 23.3. The molecular weight excluding hydrogens is 421 g/mol. The van der Waals surface area contributed by atoms with Gasteiger partial charge in [-0.25, -0.2) is 0 Å². The van der Waals surface area contributed by atoms with Crippen LogP contribution in [0.4, 0.5) is 18.9 Å². The van der Waals surface area contributed by atoms with Gasteiger partial charge in [0.1, 0.15) is 0 Å². The van der Waals surface area contributed by atoms with Gasteiger partial charge >= 0.3 is 6.18 Å². The number of amides is 2. The first-order valence-electron chi connectivity index (χ1n) is 10.9. The minimum Gasteiger partial charge on any atom is -0.371 e. The highest BCUT2D eigenvalue weighted by molar-refractivity contribution is 5.85. The number of anilines is 1. The molecule has 1 atom stereocenters. The molecule has 1 saturated carbocycles. The molecule has 1 spiro atoms. The van der Waals surface area contributed by atoms with Gasteiger partial charge in [-0.15, -0.1) is 0 Å². The van der Waals surface area contributed by atoms with E-state index in [1.54, 1.807) is 31.1 Å². The van der Waals surface area contributed by atoms with E-state index < -0.39 is 17.3 Å². The summed E-state index contributed by atoms with van der Waals surface area (Å²) >= 11 is 0. The van der Waals surface area contributed by atoms with E-state index >= 15 is 0 Å². The summed E-state index contributed by atoms with van der Waals surface area (Å²) in [6.45, 7) is 1.93. The summed E-state index contributed by atoms with van der Waals surface area (Å²) in [6, 6.07) is 5.41. The molecule has 0 radical (unpaired) electrons. The maximum absolute atomic E-state index is 13.4. The van der Waals surface area contributed by atoms with Gasteiger partial charge in [-0.1, -0.05) is 0 Å². The van der Waals surface area contributed by atoms with Gasteiger partial charge in [-0.05, 0) is 43.9 Å². The number of hydrogen-bond donors (Lipinski definition) is 0. The molecular formula is C23H27F3N4O2. The fourth-order valence-corrected chi connectivity index (χ4v) is 5.15. The van der Waals surface area contributed by atoms with Crippen molar-refractivity contribution >= 4 is 17.5 Å². The molecule has 9 heteroatoms. The summed E-state index contributed by atoms with van der Waals surface area (Å²) in [5, 5.41) is 9.03. The van der Waals surface area contributed by atoms with Crippen LogP contribution in [0.3, 0.4) is 0 Å². The number of nitriles is 1. The van der Waals surface area contributed by atoms with Gasteiger partial charge in [0, 0.05) is 57.3 Å². The summed E-state index contributed by atoms with van der Waals surface area (Å²) in [7, 11) is 3.43. The van der Waals surface area contributed by atoms with Gasteiger partial charge in [0.2, 0.25) is 11.8 Å².